The fourth-order valence-electron chi connectivity index (χ4n) is 2.63. The quantitative estimate of drug-likeness (QED) is 0.525. The standard InChI is InChI=1S/C14H20N8O/c1-9(16-17-11-7-5-3-4-6-8-11)12-10(2)22(21-18-12)14-13(15)19-23-20-14/h3-8H2,1-2H3,(H2,15,19)/b16-9+. The summed E-state index contributed by atoms with van der Waals surface area (Å²) in [4.78, 5) is 0. The van der Waals surface area contributed by atoms with Crippen LogP contribution in [-0.2, 0) is 0 Å². The van der Waals surface area contributed by atoms with Crippen LogP contribution in [0.1, 0.15) is 56.8 Å². The van der Waals surface area contributed by atoms with Crippen molar-refractivity contribution in [2.24, 2.45) is 10.2 Å². The minimum absolute atomic E-state index is 0.165. The number of hydrogen-bond donors (Lipinski definition) is 1. The highest BCUT2D eigenvalue weighted by Gasteiger charge is 2.17. The molecule has 0 atom stereocenters. The normalized spacial score (nSPS) is 16.4. The summed E-state index contributed by atoms with van der Waals surface area (Å²) in [5.41, 5.74) is 8.98. The molecule has 0 amide bonds. The number of aromatic nitrogens is 5. The molecule has 9 heteroatoms. The SMILES string of the molecule is C/C(=N\N=C1CCCCCC1)c1nnn(-c2nonc2N)c1C. The van der Waals surface area contributed by atoms with E-state index >= 15 is 0 Å². The largest absolute Gasteiger partial charge is 0.378 e. The Bertz CT molecular complexity index is 732. The molecule has 2 aromatic heterocycles. The van der Waals surface area contributed by atoms with Gasteiger partial charge < -0.3 is 5.73 Å². The summed E-state index contributed by atoms with van der Waals surface area (Å²) < 4.78 is 6.08. The zero-order chi connectivity index (χ0) is 16.2. The third kappa shape index (κ3) is 3.27. The maximum absolute atomic E-state index is 5.69. The molecule has 1 aliphatic rings. The van der Waals surface area contributed by atoms with Crippen molar-refractivity contribution in [2.75, 3.05) is 5.73 Å². The van der Waals surface area contributed by atoms with Gasteiger partial charge >= 0.3 is 0 Å². The lowest BCUT2D eigenvalue weighted by molar-refractivity contribution is 0.306. The first-order chi connectivity index (χ1) is 11.2. The van der Waals surface area contributed by atoms with Gasteiger partial charge in [0.25, 0.3) is 0 Å². The first kappa shape index (κ1) is 15.3. The summed E-state index contributed by atoms with van der Waals surface area (Å²) in [5, 5.41) is 24.2. The Morgan fingerprint density at radius 1 is 1.17 bits per heavy atom. The highest BCUT2D eigenvalue weighted by atomic mass is 16.6. The van der Waals surface area contributed by atoms with E-state index in [1.165, 1.54) is 30.4 Å². The number of nitrogen functional groups attached to an aromatic ring is 1. The summed E-state index contributed by atoms with van der Waals surface area (Å²) in [6, 6.07) is 0. The lowest BCUT2D eigenvalue weighted by Crippen LogP contribution is -2.05. The van der Waals surface area contributed by atoms with Crippen molar-refractivity contribution in [1.29, 1.82) is 0 Å². The monoisotopic (exact) mass is 316 g/mol. The van der Waals surface area contributed by atoms with E-state index in [0.29, 0.717) is 17.2 Å². The molecular weight excluding hydrogens is 296 g/mol. The summed E-state index contributed by atoms with van der Waals surface area (Å²) in [5.74, 6) is 0.488. The summed E-state index contributed by atoms with van der Waals surface area (Å²) in [6.45, 7) is 3.73. The van der Waals surface area contributed by atoms with Crippen LogP contribution in [-0.4, -0.2) is 36.7 Å². The Morgan fingerprint density at radius 3 is 2.57 bits per heavy atom. The predicted octanol–water partition coefficient (Wildman–Crippen LogP) is 2.06. The van der Waals surface area contributed by atoms with Crippen LogP contribution in [0.4, 0.5) is 5.82 Å². The highest BCUT2D eigenvalue weighted by Crippen LogP contribution is 2.17. The molecule has 0 radical (unpaired) electrons. The topological polar surface area (TPSA) is 120 Å². The van der Waals surface area contributed by atoms with Gasteiger partial charge in [-0.05, 0) is 49.8 Å². The first-order valence-electron chi connectivity index (χ1n) is 7.78. The van der Waals surface area contributed by atoms with Crippen LogP contribution in [0, 0.1) is 6.92 Å². The minimum Gasteiger partial charge on any atom is -0.378 e. The Morgan fingerprint density at radius 2 is 1.91 bits per heavy atom. The number of rotatable bonds is 3. The van der Waals surface area contributed by atoms with E-state index in [1.807, 2.05) is 13.8 Å². The number of anilines is 1. The summed E-state index contributed by atoms with van der Waals surface area (Å²) >= 11 is 0. The van der Waals surface area contributed by atoms with Gasteiger partial charge in [0.1, 0.15) is 5.69 Å². The molecular formula is C14H20N8O. The van der Waals surface area contributed by atoms with E-state index < -0.39 is 0 Å². The molecule has 0 unspecified atom stereocenters. The third-order valence-electron chi connectivity index (χ3n) is 3.96. The molecule has 1 aliphatic carbocycles. The van der Waals surface area contributed by atoms with Crippen molar-refractivity contribution in [3.05, 3.63) is 11.4 Å². The molecule has 0 bridgehead atoms. The molecule has 3 rings (SSSR count). The van der Waals surface area contributed by atoms with Crippen molar-refractivity contribution in [3.63, 3.8) is 0 Å². The van der Waals surface area contributed by atoms with Gasteiger partial charge in [-0.3, -0.25) is 0 Å². The molecule has 1 fully saturated rings. The van der Waals surface area contributed by atoms with Gasteiger partial charge in [-0.2, -0.15) is 14.9 Å². The van der Waals surface area contributed by atoms with Crippen molar-refractivity contribution >= 4 is 17.2 Å². The van der Waals surface area contributed by atoms with Crippen LogP contribution < -0.4 is 5.73 Å². The van der Waals surface area contributed by atoms with E-state index in [1.54, 1.807) is 0 Å². The highest BCUT2D eigenvalue weighted by molar-refractivity contribution is 5.98. The van der Waals surface area contributed by atoms with Crippen LogP contribution in [0.15, 0.2) is 14.8 Å². The molecule has 2 heterocycles. The number of nitrogens with two attached hydrogens (primary N) is 1. The second kappa shape index (κ2) is 6.67. The number of hydrogen-bond acceptors (Lipinski definition) is 8. The van der Waals surface area contributed by atoms with Gasteiger partial charge in [0.15, 0.2) is 0 Å². The van der Waals surface area contributed by atoms with Gasteiger partial charge in [0, 0.05) is 5.71 Å². The molecule has 23 heavy (non-hydrogen) atoms. The van der Waals surface area contributed by atoms with Gasteiger partial charge in [-0.25, -0.2) is 4.63 Å². The Labute approximate surface area is 133 Å². The van der Waals surface area contributed by atoms with Crippen LogP contribution in [0.2, 0.25) is 0 Å². The fourth-order valence-corrected chi connectivity index (χ4v) is 2.63. The molecule has 2 N–H and O–H groups in total. The Hall–Kier alpha value is -2.58. The van der Waals surface area contributed by atoms with Crippen LogP contribution in [0.25, 0.3) is 5.82 Å². The molecule has 122 valence electrons. The molecule has 0 aliphatic heterocycles. The average Bonchev–Trinajstić information content (AvgIpc) is 3.02. The van der Waals surface area contributed by atoms with Gasteiger partial charge in [-0.1, -0.05) is 18.1 Å². The molecule has 9 nitrogen and oxygen atoms in total. The Kier molecular flexibility index (Phi) is 4.45. The summed E-state index contributed by atoms with van der Waals surface area (Å²) in [7, 11) is 0. The van der Waals surface area contributed by atoms with E-state index in [-0.39, 0.29) is 5.82 Å². The average molecular weight is 316 g/mol. The van der Waals surface area contributed by atoms with Crippen LogP contribution >= 0.6 is 0 Å². The zero-order valence-electron chi connectivity index (χ0n) is 13.4. The zero-order valence-corrected chi connectivity index (χ0v) is 13.4. The van der Waals surface area contributed by atoms with Crippen LogP contribution in [0.3, 0.4) is 0 Å². The van der Waals surface area contributed by atoms with Crippen LogP contribution in [0.5, 0.6) is 0 Å². The smallest absolute Gasteiger partial charge is 0.243 e. The second-order valence-electron chi connectivity index (χ2n) is 5.67. The summed E-state index contributed by atoms with van der Waals surface area (Å²) in [6.07, 6.45) is 7.01. The Balaban J connectivity index is 1.84. The van der Waals surface area contributed by atoms with E-state index in [4.69, 9.17) is 5.73 Å². The van der Waals surface area contributed by atoms with Crippen molar-refractivity contribution < 1.29 is 4.63 Å². The fraction of sp³-hybridized carbons (Fsp3) is 0.571. The van der Waals surface area contributed by atoms with E-state index in [0.717, 1.165) is 24.2 Å². The molecule has 2 aromatic rings. The van der Waals surface area contributed by atoms with Gasteiger partial charge in [0.2, 0.25) is 11.6 Å². The van der Waals surface area contributed by atoms with E-state index in [2.05, 4.69) is 35.5 Å². The first-order valence-corrected chi connectivity index (χ1v) is 7.78. The maximum Gasteiger partial charge on any atom is 0.243 e. The maximum atomic E-state index is 5.69. The molecule has 0 aromatic carbocycles. The number of nitrogens with zero attached hydrogens (tertiary/aromatic N) is 7. The van der Waals surface area contributed by atoms with Gasteiger partial charge in [-0.15, -0.1) is 5.10 Å². The third-order valence-corrected chi connectivity index (χ3v) is 3.96. The second-order valence-corrected chi connectivity index (χ2v) is 5.67. The van der Waals surface area contributed by atoms with Crippen molar-refractivity contribution in [1.82, 2.24) is 25.3 Å². The van der Waals surface area contributed by atoms with Gasteiger partial charge in [0.05, 0.1) is 11.4 Å². The lowest BCUT2D eigenvalue weighted by atomic mass is 10.2. The van der Waals surface area contributed by atoms with Crippen molar-refractivity contribution in [3.8, 4) is 5.82 Å². The molecule has 0 spiro atoms. The molecule has 1 saturated carbocycles. The lowest BCUT2D eigenvalue weighted by Gasteiger charge is -2.00. The molecule has 0 saturated heterocycles. The minimum atomic E-state index is 0.165. The predicted molar refractivity (Wildman–Crippen MR) is 85.7 cm³/mol. The van der Waals surface area contributed by atoms with Crippen molar-refractivity contribution in [2.45, 2.75) is 52.4 Å². The van der Waals surface area contributed by atoms with E-state index in [9.17, 15) is 0 Å².